The van der Waals surface area contributed by atoms with E-state index in [1.807, 2.05) is 0 Å². The number of anilines is 1. The molecule has 0 aromatic heterocycles. The summed E-state index contributed by atoms with van der Waals surface area (Å²) in [4.78, 5) is 23.0. The monoisotopic (exact) mass is 287 g/mol. The van der Waals surface area contributed by atoms with E-state index in [0.717, 1.165) is 0 Å². The predicted molar refractivity (Wildman–Crippen MR) is 77.0 cm³/mol. The molecule has 0 aliphatic carbocycles. The molecule has 0 unspecified atom stereocenters. The van der Waals surface area contributed by atoms with Gasteiger partial charge in [0.2, 0.25) is 0 Å². The Labute approximate surface area is 121 Å². The fourth-order valence-corrected chi connectivity index (χ4v) is 1.69. The van der Waals surface area contributed by atoms with E-state index in [-0.39, 0.29) is 24.1 Å². The SMILES string of the molecule is CC(=O)c1cccc(NC(=O)COc2ccc(F)cc2)c1. The first-order valence-electron chi connectivity index (χ1n) is 6.34. The maximum absolute atomic E-state index is 12.7. The van der Waals surface area contributed by atoms with Crippen molar-refractivity contribution in [1.82, 2.24) is 0 Å². The smallest absolute Gasteiger partial charge is 0.262 e. The third kappa shape index (κ3) is 4.42. The normalized spacial score (nSPS) is 10.0. The van der Waals surface area contributed by atoms with Crippen LogP contribution in [0, 0.1) is 5.82 Å². The van der Waals surface area contributed by atoms with Crippen LogP contribution in [0.3, 0.4) is 0 Å². The highest BCUT2D eigenvalue weighted by atomic mass is 19.1. The quantitative estimate of drug-likeness (QED) is 0.860. The minimum absolute atomic E-state index is 0.0753. The predicted octanol–water partition coefficient (Wildman–Crippen LogP) is 3.05. The Morgan fingerprint density at radius 2 is 1.86 bits per heavy atom. The number of nitrogens with one attached hydrogen (secondary N) is 1. The van der Waals surface area contributed by atoms with Crippen molar-refractivity contribution in [2.45, 2.75) is 6.92 Å². The number of ether oxygens (including phenoxy) is 1. The van der Waals surface area contributed by atoms with Crippen LogP contribution >= 0.6 is 0 Å². The summed E-state index contributed by atoms with van der Waals surface area (Å²) in [5, 5.41) is 2.63. The van der Waals surface area contributed by atoms with Crippen molar-refractivity contribution in [3.8, 4) is 5.75 Å². The number of ketones is 1. The van der Waals surface area contributed by atoms with Gasteiger partial charge in [-0.25, -0.2) is 4.39 Å². The second kappa shape index (κ2) is 6.65. The van der Waals surface area contributed by atoms with Crippen molar-refractivity contribution >= 4 is 17.4 Å². The van der Waals surface area contributed by atoms with Gasteiger partial charge in [0.1, 0.15) is 11.6 Å². The molecule has 2 rings (SSSR count). The van der Waals surface area contributed by atoms with E-state index in [0.29, 0.717) is 17.0 Å². The zero-order chi connectivity index (χ0) is 15.2. The molecule has 0 heterocycles. The van der Waals surface area contributed by atoms with Crippen LogP contribution < -0.4 is 10.1 Å². The molecule has 0 bridgehead atoms. The third-order valence-corrected chi connectivity index (χ3v) is 2.74. The van der Waals surface area contributed by atoms with Gasteiger partial charge in [-0.05, 0) is 43.3 Å². The standard InChI is InChI=1S/C16H14FNO3/c1-11(19)12-3-2-4-14(9-12)18-16(20)10-21-15-7-5-13(17)6-8-15/h2-9H,10H2,1H3,(H,18,20). The van der Waals surface area contributed by atoms with Crippen LogP contribution in [-0.2, 0) is 4.79 Å². The zero-order valence-electron chi connectivity index (χ0n) is 11.4. The first-order valence-corrected chi connectivity index (χ1v) is 6.34. The maximum atomic E-state index is 12.7. The Hall–Kier alpha value is -2.69. The van der Waals surface area contributed by atoms with Gasteiger partial charge in [0.15, 0.2) is 12.4 Å². The molecule has 5 heteroatoms. The van der Waals surface area contributed by atoms with Gasteiger partial charge in [0, 0.05) is 11.3 Å². The minimum Gasteiger partial charge on any atom is -0.484 e. The van der Waals surface area contributed by atoms with Gasteiger partial charge in [-0.2, -0.15) is 0 Å². The number of halogens is 1. The van der Waals surface area contributed by atoms with Gasteiger partial charge in [-0.1, -0.05) is 12.1 Å². The third-order valence-electron chi connectivity index (χ3n) is 2.74. The van der Waals surface area contributed by atoms with Crippen LogP contribution in [0.2, 0.25) is 0 Å². The molecule has 2 aromatic carbocycles. The molecular formula is C16H14FNO3. The molecule has 0 aliphatic heterocycles. The van der Waals surface area contributed by atoms with Crippen LogP contribution in [0.25, 0.3) is 0 Å². The van der Waals surface area contributed by atoms with E-state index in [1.165, 1.54) is 31.2 Å². The van der Waals surface area contributed by atoms with Crippen molar-refractivity contribution < 1.29 is 18.7 Å². The Balaban J connectivity index is 1.91. The summed E-state index contributed by atoms with van der Waals surface area (Å²) in [6, 6.07) is 12.0. The molecular weight excluding hydrogens is 273 g/mol. The van der Waals surface area contributed by atoms with Crippen molar-refractivity contribution in [3.05, 3.63) is 59.9 Å². The largest absolute Gasteiger partial charge is 0.484 e. The molecule has 4 nitrogen and oxygen atoms in total. The summed E-state index contributed by atoms with van der Waals surface area (Å²) in [6.07, 6.45) is 0. The number of benzene rings is 2. The molecule has 0 saturated heterocycles. The summed E-state index contributed by atoms with van der Waals surface area (Å²) in [7, 11) is 0. The van der Waals surface area contributed by atoms with Gasteiger partial charge < -0.3 is 10.1 Å². The van der Waals surface area contributed by atoms with Crippen molar-refractivity contribution in [1.29, 1.82) is 0 Å². The van der Waals surface area contributed by atoms with Crippen molar-refractivity contribution in [2.75, 3.05) is 11.9 Å². The fraction of sp³-hybridized carbons (Fsp3) is 0.125. The van der Waals surface area contributed by atoms with Gasteiger partial charge in [-0.15, -0.1) is 0 Å². The van der Waals surface area contributed by atoms with Crippen molar-refractivity contribution in [2.24, 2.45) is 0 Å². The molecule has 1 N–H and O–H groups in total. The second-order valence-electron chi connectivity index (χ2n) is 4.43. The Kier molecular flexibility index (Phi) is 4.66. The number of hydrogen-bond donors (Lipinski definition) is 1. The van der Waals surface area contributed by atoms with E-state index < -0.39 is 0 Å². The van der Waals surface area contributed by atoms with Crippen molar-refractivity contribution in [3.63, 3.8) is 0 Å². The van der Waals surface area contributed by atoms with E-state index in [2.05, 4.69) is 5.32 Å². The van der Waals surface area contributed by atoms with Crippen LogP contribution in [0.15, 0.2) is 48.5 Å². The molecule has 21 heavy (non-hydrogen) atoms. The van der Waals surface area contributed by atoms with Crippen LogP contribution in [0.5, 0.6) is 5.75 Å². The first kappa shape index (κ1) is 14.7. The molecule has 1 amide bonds. The van der Waals surface area contributed by atoms with Gasteiger partial charge in [-0.3, -0.25) is 9.59 Å². The minimum atomic E-state index is -0.368. The summed E-state index contributed by atoms with van der Waals surface area (Å²) in [6.45, 7) is 1.26. The molecule has 0 radical (unpaired) electrons. The molecule has 2 aromatic rings. The second-order valence-corrected chi connectivity index (χ2v) is 4.43. The molecule has 108 valence electrons. The lowest BCUT2D eigenvalue weighted by Crippen LogP contribution is -2.20. The van der Waals surface area contributed by atoms with E-state index in [1.54, 1.807) is 24.3 Å². The van der Waals surface area contributed by atoms with E-state index >= 15 is 0 Å². The summed E-state index contributed by atoms with van der Waals surface area (Å²) in [5.74, 6) is -0.398. The number of carbonyl (C=O) groups excluding carboxylic acids is 2. The highest BCUT2D eigenvalue weighted by Crippen LogP contribution is 2.13. The number of carbonyl (C=O) groups is 2. The lowest BCUT2D eigenvalue weighted by atomic mass is 10.1. The average molecular weight is 287 g/mol. The molecule has 0 atom stereocenters. The highest BCUT2D eigenvalue weighted by molar-refractivity contribution is 5.97. The lowest BCUT2D eigenvalue weighted by Gasteiger charge is -2.08. The number of Topliss-reactive ketones (excluding diaryl/α,β-unsaturated/α-hetero) is 1. The molecule has 0 aliphatic rings. The Morgan fingerprint density at radius 3 is 2.52 bits per heavy atom. The number of hydrogen-bond acceptors (Lipinski definition) is 3. The maximum Gasteiger partial charge on any atom is 0.262 e. The Morgan fingerprint density at radius 1 is 1.14 bits per heavy atom. The fourth-order valence-electron chi connectivity index (χ4n) is 1.69. The lowest BCUT2D eigenvalue weighted by molar-refractivity contribution is -0.118. The average Bonchev–Trinajstić information content (AvgIpc) is 2.47. The Bertz CT molecular complexity index is 653. The summed E-state index contributed by atoms with van der Waals surface area (Å²) >= 11 is 0. The molecule has 0 spiro atoms. The van der Waals surface area contributed by atoms with Crippen LogP contribution in [0.4, 0.5) is 10.1 Å². The van der Waals surface area contributed by atoms with Gasteiger partial charge in [0.25, 0.3) is 5.91 Å². The molecule has 0 saturated carbocycles. The first-order chi connectivity index (χ1) is 10.0. The topological polar surface area (TPSA) is 55.4 Å². The van der Waals surface area contributed by atoms with Gasteiger partial charge >= 0.3 is 0 Å². The highest BCUT2D eigenvalue weighted by Gasteiger charge is 2.06. The number of amides is 1. The van der Waals surface area contributed by atoms with E-state index in [4.69, 9.17) is 4.74 Å². The molecule has 0 fully saturated rings. The van der Waals surface area contributed by atoms with Crippen LogP contribution in [-0.4, -0.2) is 18.3 Å². The van der Waals surface area contributed by atoms with Gasteiger partial charge in [0.05, 0.1) is 0 Å². The zero-order valence-corrected chi connectivity index (χ0v) is 11.4. The van der Waals surface area contributed by atoms with Crippen LogP contribution in [0.1, 0.15) is 17.3 Å². The number of rotatable bonds is 5. The van der Waals surface area contributed by atoms with E-state index in [9.17, 15) is 14.0 Å². The summed E-state index contributed by atoms with van der Waals surface area (Å²) in [5.41, 5.74) is 1.04. The summed E-state index contributed by atoms with van der Waals surface area (Å²) < 4.78 is 17.9.